The van der Waals surface area contributed by atoms with Gasteiger partial charge in [0.25, 0.3) is 0 Å². The van der Waals surface area contributed by atoms with Crippen molar-refractivity contribution in [2.75, 3.05) is 0 Å². The van der Waals surface area contributed by atoms with Crippen molar-refractivity contribution in [1.82, 2.24) is 9.13 Å². The molecule has 0 aliphatic rings. The van der Waals surface area contributed by atoms with Crippen LogP contribution in [0.3, 0.4) is 0 Å². The summed E-state index contributed by atoms with van der Waals surface area (Å²) in [4.78, 5) is 10.9. The van der Waals surface area contributed by atoms with E-state index in [1.54, 1.807) is 10.6 Å². The maximum atomic E-state index is 13.3. The third kappa shape index (κ3) is 1.18. The molecule has 0 saturated carbocycles. The molecule has 17 heavy (non-hydrogen) atoms. The average Bonchev–Trinajstić information content (AvgIpc) is 2.77. The minimum atomic E-state index is -0.265. The number of aryl methyl sites for hydroxylation is 2. The van der Waals surface area contributed by atoms with E-state index >= 15 is 0 Å². The van der Waals surface area contributed by atoms with Gasteiger partial charge in [0.2, 0.25) is 0 Å². The van der Waals surface area contributed by atoms with Crippen molar-refractivity contribution in [3.63, 3.8) is 0 Å². The molecule has 0 saturated heterocycles. The largest absolute Gasteiger partial charge is 0.342 e. The number of hydrogen-bond donors (Lipinski definition) is 0. The number of aldehydes is 1. The van der Waals surface area contributed by atoms with Crippen LogP contribution in [0.4, 0.5) is 4.39 Å². The van der Waals surface area contributed by atoms with Crippen LogP contribution in [0.25, 0.3) is 21.9 Å². The van der Waals surface area contributed by atoms with Gasteiger partial charge >= 0.3 is 0 Å². The molecular weight excluding hydrogens is 219 g/mol. The summed E-state index contributed by atoms with van der Waals surface area (Å²) >= 11 is 0. The van der Waals surface area contributed by atoms with Crippen LogP contribution in [0.2, 0.25) is 0 Å². The summed E-state index contributed by atoms with van der Waals surface area (Å²) in [7, 11) is 3.73. The normalized spacial score (nSPS) is 11.5. The molecule has 0 atom stereocenters. The van der Waals surface area contributed by atoms with E-state index in [0.717, 1.165) is 28.2 Å². The van der Waals surface area contributed by atoms with E-state index in [1.165, 1.54) is 12.1 Å². The second kappa shape index (κ2) is 3.20. The van der Waals surface area contributed by atoms with E-state index in [-0.39, 0.29) is 5.82 Å². The molecule has 0 radical (unpaired) electrons. The highest BCUT2D eigenvalue weighted by molar-refractivity contribution is 6.08. The molecule has 3 nitrogen and oxygen atoms in total. The fraction of sp³-hybridized carbons (Fsp3) is 0.154. The number of hydrogen-bond acceptors (Lipinski definition) is 1. The van der Waals surface area contributed by atoms with Gasteiger partial charge in [0, 0.05) is 19.5 Å². The van der Waals surface area contributed by atoms with Crippen LogP contribution in [0.5, 0.6) is 0 Å². The Morgan fingerprint density at radius 2 is 1.88 bits per heavy atom. The molecule has 2 heterocycles. The highest BCUT2D eigenvalue weighted by atomic mass is 19.1. The molecule has 3 aromatic rings. The lowest BCUT2D eigenvalue weighted by molar-refractivity contribution is 0.111. The van der Waals surface area contributed by atoms with Crippen LogP contribution in [0.15, 0.2) is 24.3 Å². The molecule has 2 aromatic heterocycles. The zero-order valence-electron chi connectivity index (χ0n) is 9.57. The lowest BCUT2D eigenvalue weighted by atomic mass is 10.2. The SMILES string of the molecule is Cn1c(C=O)cc2c1c1cc(F)ccc1n2C. The van der Waals surface area contributed by atoms with Gasteiger partial charge in [0.1, 0.15) is 5.82 Å². The van der Waals surface area contributed by atoms with Crippen LogP contribution in [-0.2, 0) is 14.1 Å². The number of benzene rings is 1. The molecule has 4 heteroatoms. The molecule has 0 fully saturated rings. The Hall–Kier alpha value is -2.10. The maximum Gasteiger partial charge on any atom is 0.166 e. The fourth-order valence-corrected chi connectivity index (χ4v) is 2.41. The van der Waals surface area contributed by atoms with Crippen LogP contribution in [-0.4, -0.2) is 15.4 Å². The summed E-state index contributed by atoms with van der Waals surface area (Å²) in [6, 6.07) is 6.53. The van der Waals surface area contributed by atoms with E-state index in [4.69, 9.17) is 0 Å². The minimum Gasteiger partial charge on any atom is -0.342 e. The summed E-state index contributed by atoms with van der Waals surface area (Å²) in [6.07, 6.45) is 0.811. The number of carbonyl (C=O) groups excluding carboxylic acids is 1. The van der Waals surface area contributed by atoms with Crippen molar-refractivity contribution >= 4 is 28.2 Å². The van der Waals surface area contributed by atoms with E-state index in [1.807, 2.05) is 24.7 Å². The second-order valence-electron chi connectivity index (χ2n) is 4.20. The zero-order valence-corrected chi connectivity index (χ0v) is 9.57. The van der Waals surface area contributed by atoms with Gasteiger partial charge in [-0.25, -0.2) is 4.39 Å². The molecule has 1 aromatic carbocycles. The Bertz CT molecular complexity index is 752. The number of rotatable bonds is 1. The molecule has 0 N–H and O–H groups in total. The molecular formula is C13H11FN2O. The summed E-state index contributed by atoms with van der Waals surface area (Å²) < 4.78 is 17.1. The van der Waals surface area contributed by atoms with Gasteiger partial charge in [-0.3, -0.25) is 4.79 Å². The van der Waals surface area contributed by atoms with Crippen molar-refractivity contribution in [2.45, 2.75) is 0 Å². The Kier molecular flexibility index (Phi) is 1.90. The fourth-order valence-electron chi connectivity index (χ4n) is 2.41. The van der Waals surface area contributed by atoms with Crippen molar-refractivity contribution < 1.29 is 9.18 Å². The van der Waals surface area contributed by atoms with E-state index in [9.17, 15) is 9.18 Å². The molecule has 0 aliphatic heterocycles. The lowest BCUT2D eigenvalue weighted by Crippen LogP contribution is -1.93. The van der Waals surface area contributed by atoms with Crippen molar-refractivity contribution in [1.29, 1.82) is 0 Å². The monoisotopic (exact) mass is 230 g/mol. The van der Waals surface area contributed by atoms with Gasteiger partial charge < -0.3 is 9.13 Å². The molecule has 0 amide bonds. The zero-order chi connectivity index (χ0) is 12.2. The molecule has 0 bridgehead atoms. The Labute approximate surface area is 97.1 Å². The van der Waals surface area contributed by atoms with Crippen LogP contribution < -0.4 is 0 Å². The van der Waals surface area contributed by atoms with E-state index < -0.39 is 0 Å². The topological polar surface area (TPSA) is 26.9 Å². The van der Waals surface area contributed by atoms with Crippen molar-refractivity contribution in [3.05, 3.63) is 35.8 Å². The van der Waals surface area contributed by atoms with Gasteiger partial charge in [-0.2, -0.15) is 0 Å². The predicted molar refractivity (Wildman–Crippen MR) is 64.7 cm³/mol. The Morgan fingerprint density at radius 1 is 1.12 bits per heavy atom. The smallest absolute Gasteiger partial charge is 0.166 e. The quantitative estimate of drug-likeness (QED) is 0.590. The number of carbonyl (C=O) groups is 1. The van der Waals surface area contributed by atoms with E-state index in [2.05, 4.69) is 0 Å². The first kappa shape index (κ1) is 10.1. The van der Waals surface area contributed by atoms with Gasteiger partial charge in [-0.05, 0) is 24.3 Å². The third-order valence-electron chi connectivity index (χ3n) is 3.31. The summed E-state index contributed by atoms with van der Waals surface area (Å²) in [5, 5.41) is 0.832. The van der Waals surface area contributed by atoms with Crippen LogP contribution in [0.1, 0.15) is 10.5 Å². The van der Waals surface area contributed by atoms with Crippen molar-refractivity contribution in [3.8, 4) is 0 Å². The predicted octanol–water partition coefficient (Wildman–Crippen LogP) is 2.62. The first-order chi connectivity index (χ1) is 8.13. The summed E-state index contributed by atoms with van der Waals surface area (Å²) in [5.74, 6) is -0.265. The minimum absolute atomic E-state index is 0.265. The Balaban J connectivity index is 2.60. The maximum absolute atomic E-state index is 13.3. The Morgan fingerprint density at radius 3 is 2.59 bits per heavy atom. The van der Waals surface area contributed by atoms with Crippen LogP contribution >= 0.6 is 0 Å². The van der Waals surface area contributed by atoms with Crippen molar-refractivity contribution in [2.24, 2.45) is 14.1 Å². The number of aromatic nitrogens is 2. The lowest BCUT2D eigenvalue weighted by Gasteiger charge is -1.98. The highest BCUT2D eigenvalue weighted by Gasteiger charge is 2.14. The number of fused-ring (bicyclic) bond motifs is 3. The first-order valence-corrected chi connectivity index (χ1v) is 5.32. The third-order valence-corrected chi connectivity index (χ3v) is 3.31. The molecule has 0 spiro atoms. The second-order valence-corrected chi connectivity index (χ2v) is 4.20. The van der Waals surface area contributed by atoms with E-state index in [0.29, 0.717) is 5.69 Å². The molecule has 3 rings (SSSR count). The van der Waals surface area contributed by atoms with Gasteiger partial charge in [0.15, 0.2) is 6.29 Å². The average molecular weight is 230 g/mol. The summed E-state index contributed by atoms with van der Waals surface area (Å²) in [6.45, 7) is 0. The summed E-state index contributed by atoms with van der Waals surface area (Å²) in [5.41, 5.74) is 3.39. The number of nitrogens with zero attached hydrogens (tertiary/aromatic N) is 2. The van der Waals surface area contributed by atoms with Gasteiger partial charge in [-0.1, -0.05) is 0 Å². The highest BCUT2D eigenvalue weighted by Crippen LogP contribution is 2.30. The molecule has 86 valence electrons. The standard InChI is InChI=1S/C13H11FN2O/c1-15-9(7-17)6-12-13(15)10-5-8(14)3-4-11(10)16(12)2/h3-7H,1-2H3. The first-order valence-electron chi connectivity index (χ1n) is 5.32. The van der Waals surface area contributed by atoms with Gasteiger partial charge in [-0.15, -0.1) is 0 Å². The molecule has 0 unspecified atom stereocenters. The molecule has 0 aliphatic carbocycles. The number of halogens is 1. The van der Waals surface area contributed by atoms with Gasteiger partial charge in [0.05, 0.1) is 22.2 Å². The van der Waals surface area contributed by atoms with Crippen LogP contribution in [0, 0.1) is 5.82 Å².